The van der Waals surface area contributed by atoms with Gasteiger partial charge >= 0.3 is 0 Å². The molecule has 0 aromatic rings. The molecule has 2 nitrogen and oxygen atoms in total. The molecule has 3 rings (SSSR count). The molecule has 3 atom stereocenters. The largest absolute Gasteiger partial charge is 0.317 e. The Morgan fingerprint density at radius 1 is 0.882 bits per heavy atom. The zero-order valence-corrected chi connectivity index (χ0v) is 11.1. The van der Waals surface area contributed by atoms with Crippen LogP contribution in [0, 0.1) is 17.8 Å². The van der Waals surface area contributed by atoms with Gasteiger partial charge in [0.05, 0.1) is 0 Å². The highest BCUT2D eigenvalue weighted by Gasteiger charge is 2.38. The van der Waals surface area contributed by atoms with E-state index in [4.69, 9.17) is 0 Å². The molecule has 0 radical (unpaired) electrons. The van der Waals surface area contributed by atoms with E-state index in [1.807, 2.05) is 0 Å². The maximum Gasteiger partial charge on any atom is 0.00682 e. The molecule has 3 aliphatic rings. The Morgan fingerprint density at radius 2 is 1.82 bits per heavy atom. The molecule has 0 spiro atoms. The van der Waals surface area contributed by atoms with E-state index in [0.29, 0.717) is 0 Å². The van der Waals surface area contributed by atoms with Crippen LogP contribution in [0.25, 0.3) is 0 Å². The smallest absolute Gasteiger partial charge is 0.00682 e. The Bertz CT molecular complexity index is 237. The van der Waals surface area contributed by atoms with Crippen LogP contribution in [0.3, 0.4) is 0 Å². The molecule has 2 bridgehead atoms. The molecule has 17 heavy (non-hydrogen) atoms. The van der Waals surface area contributed by atoms with Crippen molar-refractivity contribution in [3.05, 3.63) is 0 Å². The summed E-state index contributed by atoms with van der Waals surface area (Å²) in [6, 6.07) is 0.879. The van der Waals surface area contributed by atoms with Crippen molar-refractivity contribution in [1.82, 2.24) is 10.6 Å². The van der Waals surface area contributed by atoms with Gasteiger partial charge in [-0.1, -0.05) is 6.42 Å². The Balaban J connectivity index is 1.17. The summed E-state index contributed by atoms with van der Waals surface area (Å²) in [5.41, 5.74) is 0. The first-order chi connectivity index (χ1) is 8.42. The van der Waals surface area contributed by atoms with E-state index in [0.717, 1.165) is 23.8 Å². The molecule has 3 fully saturated rings. The van der Waals surface area contributed by atoms with Crippen LogP contribution in [0.5, 0.6) is 0 Å². The van der Waals surface area contributed by atoms with Crippen LogP contribution in [0.15, 0.2) is 0 Å². The van der Waals surface area contributed by atoms with Gasteiger partial charge in [0.15, 0.2) is 0 Å². The van der Waals surface area contributed by atoms with E-state index in [1.165, 1.54) is 45.3 Å². The second-order valence-corrected chi connectivity index (χ2v) is 6.56. The maximum atomic E-state index is 3.63. The topological polar surface area (TPSA) is 24.1 Å². The molecule has 0 aromatic carbocycles. The summed E-state index contributed by atoms with van der Waals surface area (Å²) in [6.45, 7) is 3.68. The third kappa shape index (κ3) is 3.45. The minimum atomic E-state index is 0.879. The highest BCUT2D eigenvalue weighted by molar-refractivity contribution is 4.90. The van der Waals surface area contributed by atoms with Crippen molar-refractivity contribution in [2.75, 3.05) is 19.6 Å². The average molecular weight is 236 g/mol. The Hall–Kier alpha value is -0.0800. The third-order valence-electron chi connectivity index (χ3n) is 5.12. The molecule has 0 aliphatic heterocycles. The Kier molecular flexibility index (Phi) is 4.02. The monoisotopic (exact) mass is 236 g/mol. The van der Waals surface area contributed by atoms with Gasteiger partial charge in [-0.2, -0.15) is 0 Å². The third-order valence-corrected chi connectivity index (χ3v) is 5.12. The first kappa shape index (κ1) is 12.0. The van der Waals surface area contributed by atoms with Crippen LogP contribution in [-0.4, -0.2) is 25.7 Å². The number of hydrogen-bond donors (Lipinski definition) is 2. The molecule has 98 valence electrons. The molecule has 0 saturated heterocycles. The summed E-state index contributed by atoms with van der Waals surface area (Å²) in [7, 11) is 0. The van der Waals surface area contributed by atoms with E-state index in [1.54, 1.807) is 25.7 Å². The van der Waals surface area contributed by atoms with E-state index >= 15 is 0 Å². The van der Waals surface area contributed by atoms with Crippen molar-refractivity contribution in [3.63, 3.8) is 0 Å². The zero-order chi connectivity index (χ0) is 11.5. The van der Waals surface area contributed by atoms with Crippen LogP contribution in [-0.2, 0) is 0 Å². The first-order valence-electron chi connectivity index (χ1n) is 7.86. The van der Waals surface area contributed by atoms with Crippen molar-refractivity contribution in [3.8, 4) is 0 Å². The summed E-state index contributed by atoms with van der Waals surface area (Å²) in [5.74, 6) is 3.30. The molecule has 0 heterocycles. The maximum absolute atomic E-state index is 3.63. The number of hydrogen-bond acceptors (Lipinski definition) is 2. The highest BCUT2D eigenvalue weighted by atomic mass is 14.9. The number of fused-ring (bicyclic) bond motifs is 2. The van der Waals surface area contributed by atoms with Gasteiger partial charge < -0.3 is 10.6 Å². The Labute approximate surface area is 106 Å². The molecule has 2 N–H and O–H groups in total. The van der Waals surface area contributed by atoms with Gasteiger partial charge in [-0.15, -0.1) is 0 Å². The van der Waals surface area contributed by atoms with Gasteiger partial charge in [0.2, 0.25) is 0 Å². The molecule has 3 saturated carbocycles. The summed E-state index contributed by atoms with van der Waals surface area (Å²) in [6.07, 6.45) is 11.8. The fraction of sp³-hybridized carbons (Fsp3) is 1.00. The standard InChI is InChI=1S/C15H28N2/c1(8-17-15-4-5-15)7-16-9-6-14-11-12-2-3-13(14)10-12/h12-17H,1-11H2. The van der Waals surface area contributed by atoms with Crippen LogP contribution >= 0.6 is 0 Å². The molecular formula is C15H28N2. The van der Waals surface area contributed by atoms with Crippen LogP contribution < -0.4 is 10.6 Å². The van der Waals surface area contributed by atoms with Crippen molar-refractivity contribution in [2.45, 2.75) is 57.4 Å². The lowest BCUT2D eigenvalue weighted by Crippen LogP contribution is -2.25. The van der Waals surface area contributed by atoms with Crippen LogP contribution in [0.2, 0.25) is 0 Å². The lowest BCUT2D eigenvalue weighted by atomic mass is 9.86. The predicted octanol–water partition coefficient (Wildman–Crippen LogP) is 2.54. The van der Waals surface area contributed by atoms with E-state index in [-0.39, 0.29) is 0 Å². The lowest BCUT2D eigenvalue weighted by molar-refractivity contribution is 0.310. The fourth-order valence-corrected chi connectivity index (χ4v) is 3.95. The summed E-state index contributed by atoms with van der Waals surface area (Å²) < 4.78 is 0. The second-order valence-electron chi connectivity index (χ2n) is 6.56. The zero-order valence-electron chi connectivity index (χ0n) is 11.1. The number of nitrogens with one attached hydrogen (secondary N) is 2. The van der Waals surface area contributed by atoms with Crippen molar-refractivity contribution >= 4 is 0 Å². The second kappa shape index (κ2) is 5.71. The summed E-state index contributed by atoms with van der Waals surface area (Å²) in [4.78, 5) is 0. The SMILES string of the molecule is C(CNCCC1CC2CCC1C2)CNC1CC1. The van der Waals surface area contributed by atoms with Gasteiger partial charge in [0.25, 0.3) is 0 Å². The van der Waals surface area contributed by atoms with Gasteiger partial charge in [-0.3, -0.25) is 0 Å². The molecular weight excluding hydrogens is 208 g/mol. The van der Waals surface area contributed by atoms with Gasteiger partial charge in [0, 0.05) is 6.04 Å². The molecule has 0 amide bonds. The average Bonchev–Trinajstić information content (AvgIpc) is 2.93. The van der Waals surface area contributed by atoms with E-state index < -0.39 is 0 Å². The predicted molar refractivity (Wildman–Crippen MR) is 72.1 cm³/mol. The molecule has 3 aliphatic carbocycles. The lowest BCUT2D eigenvalue weighted by Gasteiger charge is -2.21. The van der Waals surface area contributed by atoms with Gasteiger partial charge in [-0.25, -0.2) is 0 Å². The molecule has 3 unspecified atom stereocenters. The van der Waals surface area contributed by atoms with Crippen LogP contribution in [0.4, 0.5) is 0 Å². The highest BCUT2D eigenvalue weighted by Crippen LogP contribution is 2.49. The quantitative estimate of drug-likeness (QED) is 0.633. The molecule has 0 aromatic heterocycles. The van der Waals surface area contributed by atoms with Gasteiger partial charge in [-0.05, 0) is 82.3 Å². The number of rotatable bonds is 8. The minimum Gasteiger partial charge on any atom is -0.317 e. The first-order valence-corrected chi connectivity index (χ1v) is 7.86. The van der Waals surface area contributed by atoms with Crippen molar-refractivity contribution in [1.29, 1.82) is 0 Å². The van der Waals surface area contributed by atoms with E-state index in [9.17, 15) is 0 Å². The van der Waals surface area contributed by atoms with Crippen molar-refractivity contribution < 1.29 is 0 Å². The van der Waals surface area contributed by atoms with Crippen molar-refractivity contribution in [2.24, 2.45) is 17.8 Å². The summed E-state index contributed by atoms with van der Waals surface area (Å²) >= 11 is 0. The fourth-order valence-electron chi connectivity index (χ4n) is 3.95. The van der Waals surface area contributed by atoms with E-state index in [2.05, 4.69) is 10.6 Å². The normalized spacial score (nSPS) is 35.6. The van der Waals surface area contributed by atoms with Crippen LogP contribution in [0.1, 0.15) is 51.4 Å². The summed E-state index contributed by atoms with van der Waals surface area (Å²) in [5, 5.41) is 7.20. The Morgan fingerprint density at radius 3 is 2.53 bits per heavy atom. The molecule has 2 heteroatoms. The van der Waals surface area contributed by atoms with Gasteiger partial charge in [0.1, 0.15) is 0 Å². The minimum absolute atomic E-state index is 0.879.